The molecule has 22 heavy (non-hydrogen) atoms. The summed E-state index contributed by atoms with van der Waals surface area (Å²) in [5, 5.41) is 0. The molecular formula is C17H19FO3S. The minimum atomic E-state index is -1.02. The number of rotatable bonds is 6. The highest BCUT2D eigenvalue weighted by Gasteiger charge is 2.38. The maximum absolute atomic E-state index is 13.1. The van der Waals surface area contributed by atoms with Crippen molar-refractivity contribution in [2.45, 2.75) is 37.5 Å². The quantitative estimate of drug-likeness (QED) is 0.594. The van der Waals surface area contributed by atoms with Gasteiger partial charge in [-0.25, -0.2) is 4.39 Å². The molecule has 5 heteroatoms. The van der Waals surface area contributed by atoms with Gasteiger partial charge in [-0.3, -0.25) is 14.4 Å². The highest BCUT2D eigenvalue weighted by Crippen LogP contribution is 2.29. The molecule has 0 N–H and O–H groups in total. The van der Waals surface area contributed by atoms with Crippen LogP contribution in [0.15, 0.2) is 29.2 Å². The third-order valence-corrected chi connectivity index (χ3v) is 4.91. The number of benzene rings is 1. The Bertz CT molecular complexity index is 567. The van der Waals surface area contributed by atoms with Crippen molar-refractivity contribution in [3.05, 3.63) is 30.1 Å². The van der Waals surface area contributed by atoms with Gasteiger partial charge in [0.15, 0.2) is 17.3 Å². The topological polar surface area (TPSA) is 51.2 Å². The van der Waals surface area contributed by atoms with Gasteiger partial charge in [-0.05, 0) is 36.3 Å². The van der Waals surface area contributed by atoms with E-state index in [1.54, 1.807) is 13.0 Å². The summed E-state index contributed by atoms with van der Waals surface area (Å²) in [5.41, 5.74) is 0. The molecule has 0 aliphatic heterocycles. The van der Waals surface area contributed by atoms with E-state index in [1.807, 2.05) is 6.07 Å². The van der Waals surface area contributed by atoms with Crippen molar-refractivity contribution < 1.29 is 18.8 Å². The van der Waals surface area contributed by atoms with Gasteiger partial charge in [-0.1, -0.05) is 13.0 Å². The predicted octanol–water partition coefficient (Wildman–Crippen LogP) is 3.45. The lowest BCUT2D eigenvalue weighted by Gasteiger charge is -2.25. The molecule has 0 amide bonds. The van der Waals surface area contributed by atoms with E-state index < -0.39 is 5.92 Å². The summed E-state index contributed by atoms with van der Waals surface area (Å²) in [6, 6.07) is 6.36. The van der Waals surface area contributed by atoms with Crippen molar-refractivity contribution in [3.8, 4) is 0 Å². The van der Waals surface area contributed by atoms with Crippen molar-refractivity contribution in [3.63, 3.8) is 0 Å². The van der Waals surface area contributed by atoms with E-state index in [0.29, 0.717) is 19.3 Å². The van der Waals surface area contributed by atoms with Crippen molar-refractivity contribution in [1.29, 1.82) is 0 Å². The summed E-state index contributed by atoms with van der Waals surface area (Å²) in [6.07, 6.45) is 1.53. The highest BCUT2D eigenvalue weighted by molar-refractivity contribution is 7.99. The summed E-state index contributed by atoms with van der Waals surface area (Å²) in [7, 11) is 0. The standard InChI is InChI=1S/C17H19FO3S/c1-2-14(19)17-15(20)8-11(9-16(17)21)6-7-22-13-5-3-4-12(18)10-13/h3-5,10-11,17H,2,6-9H2,1H3. The second-order valence-corrected chi connectivity index (χ2v) is 6.72. The molecule has 2 rings (SSSR count). The molecule has 3 nitrogen and oxygen atoms in total. The van der Waals surface area contributed by atoms with E-state index in [4.69, 9.17) is 0 Å². The first-order valence-corrected chi connectivity index (χ1v) is 8.46. The van der Waals surface area contributed by atoms with Crippen molar-refractivity contribution in [2.24, 2.45) is 11.8 Å². The van der Waals surface area contributed by atoms with Crippen LogP contribution in [0.5, 0.6) is 0 Å². The van der Waals surface area contributed by atoms with Gasteiger partial charge in [-0.15, -0.1) is 11.8 Å². The van der Waals surface area contributed by atoms with Gasteiger partial charge < -0.3 is 0 Å². The lowest BCUT2D eigenvalue weighted by molar-refractivity contribution is -0.143. The van der Waals surface area contributed by atoms with Crippen LogP contribution in [0, 0.1) is 17.7 Å². The lowest BCUT2D eigenvalue weighted by Crippen LogP contribution is -2.38. The van der Waals surface area contributed by atoms with Crippen LogP contribution >= 0.6 is 11.8 Å². The molecule has 0 aromatic heterocycles. The molecule has 1 aromatic rings. The van der Waals surface area contributed by atoms with Crippen LogP contribution < -0.4 is 0 Å². The van der Waals surface area contributed by atoms with Gasteiger partial charge in [0.2, 0.25) is 0 Å². The lowest BCUT2D eigenvalue weighted by atomic mass is 9.76. The van der Waals surface area contributed by atoms with E-state index in [0.717, 1.165) is 10.6 Å². The minimum absolute atomic E-state index is 0.00182. The third-order valence-electron chi connectivity index (χ3n) is 3.89. The van der Waals surface area contributed by atoms with Gasteiger partial charge in [0.05, 0.1) is 0 Å². The fourth-order valence-corrected chi connectivity index (χ4v) is 3.78. The second kappa shape index (κ2) is 7.68. The average molecular weight is 322 g/mol. The average Bonchev–Trinajstić information content (AvgIpc) is 2.46. The zero-order chi connectivity index (χ0) is 16.1. The number of carbonyl (C=O) groups excluding carboxylic acids is 3. The Morgan fingerprint density at radius 2 is 1.95 bits per heavy atom. The smallest absolute Gasteiger partial charge is 0.151 e. The van der Waals surface area contributed by atoms with Crippen LogP contribution in [-0.4, -0.2) is 23.1 Å². The van der Waals surface area contributed by atoms with Crippen molar-refractivity contribution >= 4 is 29.1 Å². The van der Waals surface area contributed by atoms with Gasteiger partial charge in [-0.2, -0.15) is 0 Å². The molecule has 0 radical (unpaired) electrons. The molecule has 0 heterocycles. The van der Waals surface area contributed by atoms with Gasteiger partial charge in [0, 0.05) is 24.2 Å². The van der Waals surface area contributed by atoms with Crippen LogP contribution in [0.1, 0.15) is 32.6 Å². The Kier molecular flexibility index (Phi) is 5.89. The van der Waals surface area contributed by atoms with E-state index in [2.05, 4.69) is 0 Å². The molecule has 118 valence electrons. The number of Topliss-reactive ketones (excluding diaryl/α,β-unsaturated/α-hetero) is 3. The molecule has 1 aromatic carbocycles. The van der Waals surface area contributed by atoms with Crippen LogP contribution in [0.4, 0.5) is 4.39 Å². The van der Waals surface area contributed by atoms with Crippen LogP contribution in [-0.2, 0) is 14.4 Å². The molecule has 0 atom stereocenters. The van der Waals surface area contributed by atoms with E-state index in [9.17, 15) is 18.8 Å². The molecule has 1 aliphatic carbocycles. The number of carbonyl (C=O) groups is 3. The molecule has 0 bridgehead atoms. The summed E-state index contributed by atoms with van der Waals surface area (Å²) in [4.78, 5) is 36.5. The largest absolute Gasteiger partial charge is 0.298 e. The molecular weight excluding hydrogens is 303 g/mol. The van der Waals surface area contributed by atoms with Crippen LogP contribution in [0.2, 0.25) is 0 Å². The minimum Gasteiger partial charge on any atom is -0.298 e. The van der Waals surface area contributed by atoms with Gasteiger partial charge >= 0.3 is 0 Å². The highest BCUT2D eigenvalue weighted by atomic mass is 32.2. The summed E-state index contributed by atoms with van der Waals surface area (Å²) in [5.74, 6) is -1.29. The number of hydrogen-bond acceptors (Lipinski definition) is 4. The second-order valence-electron chi connectivity index (χ2n) is 5.55. The molecule has 1 fully saturated rings. The van der Waals surface area contributed by atoms with Crippen molar-refractivity contribution in [1.82, 2.24) is 0 Å². The number of hydrogen-bond donors (Lipinski definition) is 0. The molecule has 0 saturated heterocycles. The fraction of sp³-hybridized carbons (Fsp3) is 0.471. The molecule has 0 spiro atoms. The first kappa shape index (κ1) is 16.9. The zero-order valence-electron chi connectivity index (χ0n) is 12.5. The Labute approximate surface area is 133 Å². The van der Waals surface area contributed by atoms with E-state index in [-0.39, 0.29) is 35.5 Å². The normalized spacial score (nSPS) is 21.9. The Balaban J connectivity index is 1.84. The third kappa shape index (κ3) is 4.26. The van der Waals surface area contributed by atoms with Crippen molar-refractivity contribution in [2.75, 3.05) is 5.75 Å². The zero-order valence-corrected chi connectivity index (χ0v) is 13.3. The molecule has 1 aliphatic rings. The summed E-state index contributed by atoms with van der Waals surface area (Å²) < 4.78 is 13.1. The molecule has 0 unspecified atom stereocenters. The Morgan fingerprint density at radius 3 is 2.55 bits per heavy atom. The van der Waals surface area contributed by atoms with Gasteiger partial charge in [0.1, 0.15) is 11.7 Å². The predicted molar refractivity (Wildman–Crippen MR) is 83.3 cm³/mol. The summed E-state index contributed by atoms with van der Waals surface area (Å²) in [6.45, 7) is 1.67. The summed E-state index contributed by atoms with van der Waals surface area (Å²) >= 11 is 1.51. The first-order chi connectivity index (χ1) is 10.5. The van der Waals surface area contributed by atoms with Gasteiger partial charge in [0.25, 0.3) is 0 Å². The SMILES string of the molecule is CCC(=O)C1C(=O)CC(CCSc2cccc(F)c2)CC1=O. The Hall–Kier alpha value is -1.49. The first-order valence-electron chi connectivity index (χ1n) is 7.47. The maximum atomic E-state index is 13.1. The fourth-order valence-electron chi connectivity index (χ4n) is 2.72. The van der Waals surface area contributed by atoms with E-state index >= 15 is 0 Å². The number of ketones is 3. The van der Waals surface area contributed by atoms with E-state index in [1.165, 1.54) is 23.9 Å². The van der Waals surface area contributed by atoms with Crippen LogP contribution in [0.3, 0.4) is 0 Å². The molecule has 1 saturated carbocycles. The monoisotopic (exact) mass is 322 g/mol. The maximum Gasteiger partial charge on any atom is 0.151 e. The number of halogens is 1. The Morgan fingerprint density at radius 1 is 1.27 bits per heavy atom. The number of thioether (sulfide) groups is 1. The van der Waals surface area contributed by atoms with Crippen LogP contribution in [0.25, 0.3) is 0 Å².